The summed E-state index contributed by atoms with van der Waals surface area (Å²) in [6, 6.07) is 5.72. The Balaban J connectivity index is 1.93. The van der Waals surface area contributed by atoms with E-state index in [1.165, 1.54) is 24.4 Å². The Morgan fingerprint density at radius 2 is 2.19 bits per heavy atom. The Bertz CT molecular complexity index is 922. The van der Waals surface area contributed by atoms with E-state index in [1.54, 1.807) is 6.07 Å². The molecule has 0 radical (unpaired) electrons. The maximum Gasteiger partial charge on any atom is 0.282 e. The van der Waals surface area contributed by atoms with Crippen molar-refractivity contribution in [2.75, 3.05) is 11.9 Å². The number of carbonyl (C=O) groups excluding carboxylic acids is 1. The number of aliphatic imine (C=N–C) groups is 1. The first kappa shape index (κ1) is 19.4. The Kier molecular flexibility index (Phi) is 5.53. The number of anilines is 1. The molecule has 1 aromatic carbocycles. The van der Waals surface area contributed by atoms with E-state index in [-0.39, 0.29) is 16.7 Å². The molecule has 142 valence electrons. The predicted octanol–water partition coefficient (Wildman–Crippen LogP) is 4.12. The van der Waals surface area contributed by atoms with E-state index in [0.717, 1.165) is 0 Å². The molecule has 0 spiro atoms. The number of nitrogens with two attached hydrogens (primary N) is 1. The molecule has 1 aromatic heterocycles. The minimum absolute atomic E-state index is 0.0190. The van der Waals surface area contributed by atoms with Gasteiger partial charge in [0.15, 0.2) is 0 Å². The number of halogens is 3. The molecule has 0 saturated carbocycles. The van der Waals surface area contributed by atoms with Crippen molar-refractivity contribution in [3.05, 3.63) is 57.6 Å². The third-order valence-corrected chi connectivity index (χ3v) is 4.92. The van der Waals surface area contributed by atoms with Gasteiger partial charge < -0.3 is 15.8 Å². The third kappa shape index (κ3) is 3.99. The molecule has 1 amide bonds. The Labute approximate surface area is 165 Å². The van der Waals surface area contributed by atoms with Gasteiger partial charge in [-0.15, -0.1) is 0 Å². The molecular weight excluding hydrogens is 394 g/mol. The van der Waals surface area contributed by atoms with E-state index < -0.39 is 17.3 Å². The number of nitrogens with one attached hydrogen (secondary N) is 1. The molecule has 0 bridgehead atoms. The molecule has 1 atom stereocenters. The maximum absolute atomic E-state index is 14.6. The van der Waals surface area contributed by atoms with Crippen LogP contribution < -0.4 is 11.1 Å². The second-order valence-corrected chi connectivity index (χ2v) is 6.91. The highest BCUT2D eigenvalue weighted by Gasteiger charge is 2.36. The lowest BCUT2D eigenvalue weighted by Crippen LogP contribution is -2.36. The number of ether oxygens (including phenoxy) is 1. The van der Waals surface area contributed by atoms with Gasteiger partial charge in [-0.3, -0.25) is 4.79 Å². The lowest BCUT2D eigenvalue weighted by Gasteiger charge is -2.33. The molecule has 1 aliphatic rings. The van der Waals surface area contributed by atoms with E-state index >= 15 is 0 Å². The first-order valence-electron chi connectivity index (χ1n) is 8.25. The van der Waals surface area contributed by atoms with Gasteiger partial charge >= 0.3 is 0 Å². The molecule has 27 heavy (non-hydrogen) atoms. The maximum atomic E-state index is 14.6. The van der Waals surface area contributed by atoms with Crippen LogP contribution in [0.25, 0.3) is 0 Å². The van der Waals surface area contributed by atoms with Crippen LogP contribution in [0.4, 0.5) is 10.1 Å². The molecule has 2 aromatic rings. The summed E-state index contributed by atoms with van der Waals surface area (Å²) in [6.45, 7) is 2.23. The van der Waals surface area contributed by atoms with Crippen LogP contribution in [0.1, 0.15) is 35.8 Å². The van der Waals surface area contributed by atoms with Gasteiger partial charge in [-0.2, -0.15) is 0 Å². The van der Waals surface area contributed by atoms with Crippen molar-refractivity contribution in [1.82, 2.24) is 4.98 Å². The zero-order valence-electron chi connectivity index (χ0n) is 14.4. The van der Waals surface area contributed by atoms with Gasteiger partial charge in [-0.05, 0) is 30.7 Å². The lowest BCUT2D eigenvalue weighted by atomic mass is 9.84. The quantitative estimate of drug-likeness (QED) is 0.792. The summed E-state index contributed by atoms with van der Waals surface area (Å²) >= 11 is 11.8. The molecular formula is C18H17Cl2FN4O2. The van der Waals surface area contributed by atoms with Crippen molar-refractivity contribution in [3.8, 4) is 0 Å². The first-order valence-corrected chi connectivity index (χ1v) is 9.01. The number of aromatic nitrogens is 1. The van der Waals surface area contributed by atoms with Crippen molar-refractivity contribution < 1.29 is 13.9 Å². The molecule has 0 unspecified atom stereocenters. The second-order valence-electron chi connectivity index (χ2n) is 6.07. The van der Waals surface area contributed by atoms with Gasteiger partial charge in [0.1, 0.15) is 11.5 Å². The molecule has 0 saturated heterocycles. The van der Waals surface area contributed by atoms with E-state index in [4.69, 9.17) is 33.7 Å². The summed E-state index contributed by atoms with van der Waals surface area (Å²) in [5.41, 5.74) is 5.60. The summed E-state index contributed by atoms with van der Waals surface area (Å²) in [5, 5.41) is 3.11. The highest BCUT2D eigenvalue weighted by atomic mass is 35.5. The van der Waals surface area contributed by atoms with E-state index in [1.807, 2.05) is 6.92 Å². The predicted molar refractivity (Wildman–Crippen MR) is 103 cm³/mol. The number of benzene rings is 1. The fourth-order valence-corrected chi connectivity index (χ4v) is 3.46. The largest absolute Gasteiger partial charge is 0.465 e. The topological polar surface area (TPSA) is 89.6 Å². The Hall–Kier alpha value is -2.38. The van der Waals surface area contributed by atoms with Crippen molar-refractivity contribution in [1.29, 1.82) is 0 Å². The number of carbonyl (C=O) groups is 1. The zero-order chi connectivity index (χ0) is 19.6. The van der Waals surface area contributed by atoms with Gasteiger partial charge in [0.2, 0.25) is 0 Å². The average molecular weight is 411 g/mol. The van der Waals surface area contributed by atoms with Crippen molar-refractivity contribution in [2.45, 2.75) is 25.3 Å². The third-order valence-electron chi connectivity index (χ3n) is 4.42. The van der Waals surface area contributed by atoms with Gasteiger partial charge in [-0.1, -0.05) is 30.1 Å². The summed E-state index contributed by atoms with van der Waals surface area (Å²) in [7, 11) is 0. The minimum Gasteiger partial charge on any atom is -0.465 e. The van der Waals surface area contributed by atoms with Gasteiger partial charge in [0.05, 0.1) is 22.2 Å². The van der Waals surface area contributed by atoms with E-state index in [9.17, 15) is 9.18 Å². The van der Waals surface area contributed by atoms with Crippen LogP contribution in [0.3, 0.4) is 0 Å². The SMILES string of the molecule is CC[C@@]1(c2cc(NC(=O)c3ncc(Cl)cc3Cl)ccc2F)CCOC(N)=N1. The molecule has 3 N–H and O–H groups in total. The molecule has 2 heterocycles. The van der Waals surface area contributed by atoms with Crippen LogP contribution in [-0.4, -0.2) is 23.5 Å². The van der Waals surface area contributed by atoms with Gasteiger partial charge in [0.25, 0.3) is 11.9 Å². The van der Waals surface area contributed by atoms with Crippen molar-refractivity contribution in [2.24, 2.45) is 10.7 Å². The number of rotatable bonds is 4. The monoisotopic (exact) mass is 410 g/mol. The van der Waals surface area contributed by atoms with E-state index in [0.29, 0.717) is 35.7 Å². The van der Waals surface area contributed by atoms with Crippen molar-refractivity contribution >= 4 is 40.8 Å². The molecule has 6 nitrogen and oxygen atoms in total. The number of hydrogen-bond acceptors (Lipinski definition) is 5. The normalized spacial score (nSPS) is 19.2. The number of pyridine rings is 1. The number of hydrogen-bond donors (Lipinski definition) is 2. The molecule has 0 aliphatic carbocycles. The summed E-state index contributed by atoms with van der Waals surface area (Å²) in [6.07, 6.45) is 2.32. The van der Waals surface area contributed by atoms with Crippen LogP contribution in [0, 0.1) is 5.82 Å². The molecule has 3 rings (SSSR count). The second kappa shape index (κ2) is 7.70. The molecule has 9 heteroatoms. The highest BCUT2D eigenvalue weighted by molar-refractivity contribution is 6.36. The standard InChI is InChI=1S/C18H17Cl2FN4O2/c1-2-18(5-6-27-17(22)25-18)12-8-11(3-4-14(12)21)24-16(26)15-13(20)7-10(19)9-23-15/h3-4,7-9H,2,5-6H2,1H3,(H2,22,25)(H,24,26)/t18-/m0/s1. The van der Waals surface area contributed by atoms with Gasteiger partial charge in [-0.25, -0.2) is 14.4 Å². The summed E-state index contributed by atoms with van der Waals surface area (Å²) in [5.74, 6) is -0.967. The number of amides is 1. The van der Waals surface area contributed by atoms with Crippen LogP contribution in [-0.2, 0) is 10.3 Å². The Morgan fingerprint density at radius 1 is 1.41 bits per heavy atom. The van der Waals surface area contributed by atoms with Crippen molar-refractivity contribution in [3.63, 3.8) is 0 Å². The summed E-state index contributed by atoms with van der Waals surface area (Å²) < 4.78 is 19.7. The summed E-state index contributed by atoms with van der Waals surface area (Å²) in [4.78, 5) is 20.7. The van der Waals surface area contributed by atoms with Crippen LogP contribution >= 0.6 is 23.2 Å². The number of amidine groups is 1. The lowest BCUT2D eigenvalue weighted by molar-refractivity contribution is 0.102. The fraction of sp³-hybridized carbons (Fsp3) is 0.278. The van der Waals surface area contributed by atoms with Gasteiger partial charge in [0, 0.05) is 23.9 Å². The average Bonchev–Trinajstić information content (AvgIpc) is 2.63. The smallest absolute Gasteiger partial charge is 0.282 e. The van der Waals surface area contributed by atoms with Crippen LogP contribution in [0.2, 0.25) is 10.0 Å². The zero-order valence-corrected chi connectivity index (χ0v) is 15.9. The number of nitrogens with zero attached hydrogens (tertiary/aromatic N) is 2. The molecule has 0 fully saturated rings. The highest BCUT2D eigenvalue weighted by Crippen LogP contribution is 2.38. The minimum atomic E-state index is -0.844. The fourth-order valence-electron chi connectivity index (χ4n) is 3.00. The van der Waals surface area contributed by atoms with Crippen LogP contribution in [0.15, 0.2) is 35.5 Å². The van der Waals surface area contributed by atoms with E-state index in [2.05, 4.69) is 15.3 Å². The van der Waals surface area contributed by atoms with Crippen LogP contribution in [0.5, 0.6) is 0 Å². The molecule has 1 aliphatic heterocycles. The first-order chi connectivity index (χ1) is 12.8. The Morgan fingerprint density at radius 3 is 2.85 bits per heavy atom.